The van der Waals surface area contributed by atoms with Crippen LogP contribution in [0.15, 0.2) is 0 Å². The van der Waals surface area contributed by atoms with Crippen molar-refractivity contribution in [2.24, 2.45) is 0 Å². The first-order valence-electron chi connectivity index (χ1n) is 5.03. The molecule has 0 radical (unpaired) electrons. The maximum absolute atomic E-state index is 11.2. The maximum atomic E-state index is 11.2. The van der Waals surface area contributed by atoms with E-state index in [1.165, 1.54) is 0 Å². The summed E-state index contributed by atoms with van der Waals surface area (Å²) >= 11 is 0. The molecule has 4 nitrogen and oxygen atoms in total. The quantitative estimate of drug-likeness (QED) is 0.721. The first-order valence-corrected chi connectivity index (χ1v) is 6.85. The minimum Gasteiger partial charge on any atom is -0.393 e. The van der Waals surface area contributed by atoms with Crippen molar-refractivity contribution in [2.75, 3.05) is 24.6 Å². The fourth-order valence-electron chi connectivity index (χ4n) is 1.81. The average molecular weight is 221 g/mol. The molecule has 5 heteroatoms. The Balaban J connectivity index is 2.41. The fraction of sp³-hybridized carbons (Fsp3) is 1.00. The van der Waals surface area contributed by atoms with Gasteiger partial charge in [-0.2, -0.15) is 0 Å². The zero-order valence-electron chi connectivity index (χ0n) is 8.81. The molecule has 1 N–H and O–H groups in total. The van der Waals surface area contributed by atoms with E-state index in [1.54, 1.807) is 6.92 Å². The number of hydrogen-bond acceptors (Lipinski definition) is 4. The van der Waals surface area contributed by atoms with Crippen molar-refractivity contribution in [3.8, 4) is 0 Å². The Labute approximate surface area is 85.8 Å². The zero-order valence-corrected chi connectivity index (χ0v) is 9.63. The van der Waals surface area contributed by atoms with E-state index in [4.69, 9.17) is 0 Å². The van der Waals surface area contributed by atoms with Crippen LogP contribution in [-0.4, -0.2) is 55.2 Å². The van der Waals surface area contributed by atoms with Crippen LogP contribution in [0.5, 0.6) is 0 Å². The van der Waals surface area contributed by atoms with Crippen LogP contribution >= 0.6 is 0 Å². The smallest absolute Gasteiger partial charge is 0.152 e. The lowest BCUT2D eigenvalue weighted by molar-refractivity contribution is 0.125. The van der Waals surface area contributed by atoms with Crippen LogP contribution in [0.2, 0.25) is 0 Å². The highest BCUT2D eigenvalue weighted by molar-refractivity contribution is 7.91. The molecule has 0 aromatic rings. The molecule has 0 amide bonds. The lowest BCUT2D eigenvalue weighted by Crippen LogP contribution is -2.45. The summed E-state index contributed by atoms with van der Waals surface area (Å²) in [4.78, 5) is 2.13. The third kappa shape index (κ3) is 3.55. The Morgan fingerprint density at radius 3 is 2.21 bits per heavy atom. The molecule has 2 unspecified atom stereocenters. The number of rotatable bonds is 3. The van der Waals surface area contributed by atoms with Gasteiger partial charge in [0, 0.05) is 19.1 Å². The largest absolute Gasteiger partial charge is 0.393 e. The standard InChI is InChI=1S/C9H19NO3S/c1-8(7-9(2)11)10-3-5-14(12,13)6-4-10/h8-9,11H,3-7H2,1-2H3. The van der Waals surface area contributed by atoms with Crippen molar-refractivity contribution in [3.05, 3.63) is 0 Å². The zero-order chi connectivity index (χ0) is 10.8. The summed E-state index contributed by atoms with van der Waals surface area (Å²) in [5, 5.41) is 9.21. The van der Waals surface area contributed by atoms with Gasteiger partial charge in [0.2, 0.25) is 0 Å². The molecule has 0 bridgehead atoms. The second-order valence-electron chi connectivity index (χ2n) is 4.12. The number of nitrogens with zero attached hydrogens (tertiary/aromatic N) is 1. The summed E-state index contributed by atoms with van der Waals surface area (Å²) in [5.41, 5.74) is 0. The molecule has 2 atom stereocenters. The SMILES string of the molecule is CC(O)CC(C)N1CCS(=O)(=O)CC1. The van der Waals surface area contributed by atoms with Crippen molar-refractivity contribution in [1.29, 1.82) is 0 Å². The summed E-state index contributed by atoms with van der Waals surface area (Å²) in [7, 11) is -2.78. The predicted octanol–water partition coefficient (Wildman–Crippen LogP) is -0.124. The van der Waals surface area contributed by atoms with E-state index < -0.39 is 9.84 Å². The van der Waals surface area contributed by atoms with Crippen molar-refractivity contribution in [3.63, 3.8) is 0 Å². The van der Waals surface area contributed by atoms with E-state index in [1.807, 2.05) is 6.92 Å². The van der Waals surface area contributed by atoms with Gasteiger partial charge >= 0.3 is 0 Å². The highest BCUT2D eigenvalue weighted by Gasteiger charge is 2.25. The molecule has 0 saturated carbocycles. The summed E-state index contributed by atoms with van der Waals surface area (Å²) in [5.74, 6) is 0.522. The highest BCUT2D eigenvalue weighted by Crippen LogP contribution is 2.11. The molecule has 84 valence electrons. The van der Waals surface area contributed by atoms with E-state index in [2.05, 4.69) is 4.90 Å². The Hall–Kier alpha value is -0.130. The molecule has 0 spiro atoms. The molecule has 0 aromatic carbocycles. The minimum absolute atomic E-state index is 0.261. The highest BCUT2D eigenvalue weighted by atomic mass is 32.2. The van der Waals surface area contributed by atoms with Crippen LogP contribution in [0.1, 0.15) is 20.3 Å². The maximum Gasteiger partial charge on any atom is 0.152 e. The number of hydrogen-bond donors (Lipinski definition) is 1. The van der Waals surface area contributed by atoms with Gasteiger partial charge in [-0.3, -0.25) is 4.90 Å². The summed E-state index contributed by atoms with van der Waals surface area (Å²) < 4.78 is 22.3. The Kier molecular flexibility index (Phi) is 3.92. The molecule has 1 aliphatic heterocycles. The van der Waals surface area contributed by atoms with Crippen molar-refractivity contribution >= 4 is 9.84 Å². The van der Waals surface area contributed by atoms with E-state index in [0.29, 0.717) is 19.5 Å². The van der Waals surface area contributed by atoms with Gasteiger partial charge in [0.1, 0.15) is 0 Å². The predicted molar refractivity (Wildman–Crippen MR) is 56.0 cm³/mol. The Bertz CT molecular complexity index is 260. The van der Waals surface area contributed by atoms with Crippen LogP contribution in [-0.2, 0) is 9.84 Å². The topological polar surface area (TPSA) is 57.6 Å². The number of aliphatic hydroxyl groups is 1. The van der Waals surface area contributed by atoms with Crippen LogP contribution < -0.4 is 0 Å². The third-order valence-corrected chi connectivity index (χ3v) is 4.29. The van der Waals surface area contributed by atoms with Gasteiger partial charge in [0.25, 0.3) is 0 Å². The monoisotopic (exact) mass is 221 g/mol. The van der Waals surface area contributed by atoms with Gasteiger partial charge in [-0.25, -0.2) is 8.42 Å². The molecule has 1 aliphatic rings. The van der Waals surface area contributed by atoms with Crippen molar-refractivity contribution < 1.29 is 13.5 Å². The summed E-state index contributed by atoms with van der Waals surface area (Å²) in [6, 6.07) is 0.269. The molecule has 14 heavy (non-hydrogen) atoms. The number of aliphatic hydroxyl groups excluding tert-OH is 1. The molecular weight excluding hydrogens is 202 g/mol. The third-order valence-electron chi connectivity index (χ3n) is 2.68. The molecule has 1 heterocycles. The molecule has 1 saturated heterocycles. The lowest BCUT2D eigenvalue weighted by atomic mass is 10.1. The number of sulfone groups is 1. The lowest BCUT2D eigenvalue weighted by Gasteiger charge is -2.32. The van der Waals surface area contributed by atoms with E-state index in [-0.39, 0.29) is 23.7 Å². The van der Waals surface area contributed by atoms with Gasteiger partial charge in [-0.05, 0) is 20.3 Å². The van der Waals surface area contributed by atoms with Crippen molar-refractivity contribution in [1.82, 2.24) is 4.90 Å². The molecule has 1 fully saturated rings. The van der Waals surface area contributed by atoms with Crippen LogP contribution in [0.3, 0.4) is 0 Å². The van der Waals surface area contributed by atoms with Crippen molar-refractivity contribution in [2.45, 2.75) is 32.4 Å². The second kappa shape index (κ2) is 4.59. The normalized spacial score (nSPS) is 27.1. The first kappa shape index (κ1) is 11.9. The van der Waals surface area contributed by atoms with E-state index >= 15 is 0 Å². The second-order valence-corrected chi connectivity index (χ2v) is 6.43. The summed E-state index contributed by atoms with van der Waals surface area (Å²) in [6.45, 7) is 5.01. The molecule has 0 aliphatic carbocycles. The van der Waals surface area contributed by atoms with E-state index in [9.17, 15) is 13.5 Å². The average Bonchev–Trinajstić information content (AvgIpc) is 2.02. The molecule has 1 rings (SSSR count). The fourth-order valence-corrected chi connectivity index (χ4v) is 3.04. The van der Waals surface area contributed by atoms with Gasteiger partial charge in [0.05, 0.1) is 17.6 Å². The molecule has 0 aromatic heterocycles. The van der Waals surface area contributed by atoms with Crippen LogP contribution in [0.25, 0.3) is 0 Å². The van der Waals surface area contributed by atoms with Gasteiger partial charge < -0.3 is 5.11 Å². The van der Waals surface area contributed by atoms with Gasteiger partial charge in [-0.15, -0.1) is 0 Å². The van der Waals surface area contributed by atoms with Gasteiger partial charge in [0.15, 0.2) is 9.84 Å². The van der Waals surface area contributed by atoms with Gasteiger partial charge in [-0.1, -0.05) is 0 Å². The summed E-state index contributed by atoms with van der Waals surface area (Å²) in [6.07, 6.45) is 0.392. The molecular formula is C9H19NO3S. The Morgan fingerprint density at radius 1 is 1.29 bits per heavy atom. The van der Waals surface area contributed by atoms with Crippen LogP contribution in [0, 0.1) is 0 Å². The van der Waals surface area contributed by atoms with E-state index in [0.717, 1.165) is 0 Å². The Morgan fingerprint density at radius 2 is 1.79 bits per heavy atom. The first-order chi connectivity index (χ1) is 6.41. The van der Waals surface area contributed by atoms with Crippen LogP contribution in [0.4, 0.5) is 0 Å². The minimum atomic E-state index is -2.78.